The number of hydrogen-bond acceptors (Lipinski definition) is 5. The molecule has 1 aromatic carbocycles. The number of para-hydroxylation sites is 1. The molecule has 0 radical (unpaired) electrons. The van der Waals surface area contributed by atoms with E-state index < -0.39 is 0 Å². The van der Waals surface area contributed by atoms with Gasteiger partial charge in [-0.1, -0.05) is 18.2 Å². The van der Waals surface area contributed by atoms with Crippen molar-refractivity contribution in [1.82, 2.24) is 26.8 Å². The predicted molar refractivity (Wildman–Crippen MR) is 62.6 cm³/mol. The van der Waals surface area contributed by atoms with Crippen LogP contribution in [0.25, 0.3) is 10.9 Å². The second-order valence-electron chi connectivity index (χ2n) is 3.52. The second kappa shape index (κ2) is 3.80. The molecule has 86 valence electrons. The Kier molecular flexibility index (Phi) is 2.16. The lowest BCUT2D eigenvalue weighted by atomic mass is 10.1. The number of guanidine groups is 1. The van der Waals surface area contributed by atoms with Crippen LogP contribution in [0.1, 0.15) is 10.4 Å². The number of carbonyl (C=O) groups excluding carboxylic acids is 1. The van der Waals surface area contributed by atoms with E-state index in [2.05, 4.69) is 31.9 Å². The van der Waals surface area contributed by atoms with Crippen molar-refractivity contribution < 1.29 is 4.79 Å². The number of rotatable bonds is 1. The third-order valence-electron chi connectivity index (χ3n) is 2.47. The summed E-state index contributed by atoms with van der Waals surface area (Å²) in [6.07, 6.45) is 1.68. The molecule has 0 saturated heterocycles. The average molecular weight is 230 g/mol. The van der Waals surface area contributed by atoms with Crippen LogP contribution in [0, 0.1) is 0 Å². The van der Waals surface area contributed by atoms with Crippen LogP contribution >= 0.6 is 0 Å². The molecule has 3 rings (SSSR count). The first-order valence-corrected chi connectivity index (χ1v) is 5.06. The Hall–Kier alpha value is -2.54. The summed E-state index contributed by atoms with van der Waals surface area (Å²) in [5.41, 5.74) is 9.15. The zero-order chi connectivity index (χ0) is 11.7. The maximum Gasteiger partial charge on any atom is 0.260 e. The van der Waals surface area contributed by atoms with E-state index in [1.807, 2.05) is 24.3 Å². The van der Waals surface area contributed by atoms with E-state index in [9.17, 15) is 4.79 Å². The van der Waals surface area contributed by atoms with E-state index in [0.29, 0.717) is 11.5 Å². The van der Waals surface area contributed by atoms with E-state index >= 15 is 0 Å². The van der Waals surface area contributed by atoms with Crippen LogP contribution in [0.15, 0.2) is 35.6 Å². The minimum absolute atomic E-state index is 0.223. The molecule has 0 atom stereocenters. The molecule has 0 unspecified atom stereocenters. The Bertz CT molecular complexity index is 602. The molecule has 0 saturated carbocycles. The molecule has 5 N–H and O–H groups in total. The lowest BCUT2D eigenvalue weighted by Crippen LogP contribution is -2.43. The van der Waals surface area contributed by atoms with Gasteiger partial charge in [0.1, 0.15) is 0 Å². The first-order chi connectivity index (χ1) is 8.34. The SMILES string of the molecule is O=C(NC1=NNNN1)c1c[nH]c2ccccc12. The number of fused-ring (bicyclic) bond motifs is 1. The number of nitrogens with zero attached hydrogens (tertiary/aromatic N) is 1. The molecule has 0 bridgehead atoms. The van der Waals surface area contributed by atoms with Gasteiger partial charge < -0.3 is 4.98 Å². The Morgan fingerprint density at radius 3 is 3.00 bits per heavy atom. The van der Waals surface area contributed by atoms with Crippen LogP contribution in [-0.4, -0.2) is 16.9 Å². The number of amides is 1. The van der Waals surface area contributed by atoms with Crippen molar-refractivity contribution in [3.05, 3.63) is 36.0 Å². The van der Waals surface area contributed by atoms with E-state index in [0.717, 1.165) is 10.9 Å². The van der Waals surface area contributed by atoms with Gasteiger partial charge in [-0.05, 0) is 6.07 Å². The van der Waals surface area contributed by atoms with Crippen LogP contribution in [-0.2, 0) is 0 Å². The van der Waals surface area contributed by atoms with Gasteiger partial charge in [0.25, 0.3) is 5.91 Å². The van der Waals surface area contributed by atoms with Gasteiger partial charge in [0.2, 0.25) is 5.96 Å². The number of aromatic nitrogens is 1. The fraction of sp³-hybridized carbons (Fsp3) is 0. The van der Waals surface area contributed by atoms with Crippen molar-refractivity contribution >= 4 is 22.8 Å². The third kappa shape index (κ3) is 1.68. The van der Waals surface area contributed by atoms with Crippen molar-refractivity contribution in [3.8, 4) is 0 Å². The second-order valence-corrected chi connectivity index (χ2v) is 3.52. The van der Waals surface area contributed by atoms with Crippen molar-refractivity contribution in [2.75, 3.05) is 0 Å². The van der Waals surface area contributed by atoms with Crippen LogP contribution < -0.4 is 21.8 Å². The van der Waals surface area contributed by atoms with Crippen molar-refractivity contribution in [1.29, 1.82) is 0 Å². The number of H-pyrrole nitrogens is 1. The molecule has 1 amide bonds. The molecular weight excluding hydrogens is 220 g/mol. The van der Waals surface area contributed by atoms with Crippen molar-refractivity contribution in [3.63, 3.8) is 0 Å². The molecule has 1 aromatic heterocycles. The highest BCUT2D eigenvalue weighted by Crippen LogP contribution is 2.17. The highest BCUT2D eigenvalue weighted by Gasteiger charge is 2.14. The lowest BCUT2D eigenvalue weighted by molar-refractivity contribution is 0.0977. The normalized spacial score (nSPS) is 14.0. The monoisotopic (exact) mass is 230 g/mol. The number of hydrogen-bond donors (Lipinski definition) is 5. The maximum atomic E-state index is 12.0. The molecule has 0 aliphatic carbocycles. The molecule has 7 heteroatoms. The molecule has 1 aliphatic rings. The Morgan fingerprint density at radius 1 is 1.29 bits per heavy atom. The summed E-state index contributed by atoms with van der Waals surface area (Å²) >= 11 is 0. The number of hydrazine groups is 2. The van der Waals surface area contributed by atoms with Gasteiger partial charge in [-0.3, -0.25) is 15.5 Å². The van der Waals surface area contributed by atoms with Crippen LogP contribution in [0.5, 0.6) is 0 Å². The zero-order valence-electron chi connectivity index (χ0n) is 8.74. The van der Waals surface area contributed by atoms with Gasteiger partial charge in [-0.2, -0.15) is 0 Å². The topological polar surface area (TPSA) is 93.3 Å². The molecule has 0 fully saturated rings. The summed E-state index contributed by atoms with van der Waals surface area (Å²) in [4.78, 5) is 15.0. The predicted octanol–water partition coefficient (Wildman–Crippen LogP) is -0.219. The zero-order valence-corrected chi connectivity index (χ0v) is 8.74. The van der Waals surface area contributed by atoms with Gasteiger partial charge in [-0.25, -0.2) is 5.53 Å². The van der Waals surface area contributed by atoms with Crippen LogP contribution in [0.4, 0.5) is 0 Å². The number of aromatic amines is 1. The van der Waals surface area contributed by atoms with Crippen LogP contribution in [0.2, 0.25) is 0 Å². The Morgan fingerprint density at radius 2 is 2.18 bits per heavy atom. The lowest BCUT2D eigenvalue weighted by Gasteiger charge is -2.02. The van der Waals surface area contributed by atoms with E-state index in [1.54, 1.807) is 6.20 Å². The van der Waals surface area contributed by atoms with E-state index in [1.165, 1.54) is 0 Å². The molecule has 2 heterocycles. The maximum absolute atomic E-state index is 12.0. The molecular formula is C10H10N6O. The highest BCUT2D eigenvalue weighted by molar-refractivity contribution is 6.12. The number of benzene rings is 1. The average Bonchev–Trinajstić information content (AvgIpc) is 2.96. The molecule has 0 spiro atoms. The van der Waals surface area contributed by atoms with Crippen molar-refractivity contribution in [2.45, 2.75) is 0 Å². The third-order valence-corrected chi connectivity index (χ3v) is 2.47. The molecule has 2 aromatic rings. The molecule has 1 aliphatic heterocycles. The molecule has 7 nitrogen and oxygen atoms in total. The highest BCUT2D eigenvalue weighted by atomic mass is 16.2. The number of hydrazone groups is 1. The first-order valence-electron chi connectivity index (χ1n) is 5.06. The van der Waals surface area contributed by atoms with Crippen molar-refractivity contribution in [2.24, 2.45) is 5.10 Å². The number of carbonyl (C=O) groups is 1. The Balaban J connectivity index is 1.90. The smallest absolute Gasteiger partial charge is 0.260 e. The fourth-order valence-electron chi connectivity index (χ4n) is 1.69. The fourth-order valence-corrected chi connectivity index (χ4v) is 1.69. The van der Waals surface area contributed by atoms with Crippen LogP contribution in [0.3, 0.4) is 0 Å². The van der Waals surface area contributed by atoms with Gasteiger partial charge in [0.05, 0.1) is 5.56 Å². The van der Waals surface area contributed by atoms with Gasteiger partial charge in [0, 0.05) is 17.1 Å². The standard InChI is InChI=1S/C10H10N6O/c17-9(12-10-13-15-16-14-10)7-5-11-8-4-2-1-3-6(7)8/h1-5,11,15-16H,(H2,12,13,14,17). The number of nitrogens with one attached hydrogen (secondary N) is 5. The summed E-state index contributed by atoms with van der Waals surface area (Å²) in [5.74, 6) is 0.111. The quantitative estimate of drug-likeness (QED) is 0.468. The largest absolute Gasteiger partial charge is 0.360 e. The van der Waals surface area contributed by atoms with E-state index in [-0.39, 0.29) is 5.91 Å². The van der Waals surface area contributed by atoms with Gasteiger partial charge >= 0.3 is 0 Å². The summed E-state index contributed by atoms with van der Waals surface area (Å²) < 4.78 is 0. The van der Waals surface area contributed by atoms with Gasteiger partial charge in [-0.15, -0.1) is 10.6 Å². The van der Waals surface area contributed by atoms with E-state index in [4.69, 9.17) is 0 Å². The summed E-state index contributed by atoms with van der Waals surface area (Å²) in [6, 6.07) is 7.61. The summed E-state index contributed by atoms with van der Waals surface area (Å²) in [5, 5.41) is 7.28. The minimum atomic E-state index is -0.223. The Labute approximate surface area is 96.2 Å². The van der Waals surface area contributed by atoms with Gasteiger partial charge in [0.15, 0.2) is 0 Å². The first kappa shape index (κ1) is 9.67. The summed E-state index contributed by atoms with van der Waals surface area (Å²) in [6.45, 7) is 0. The minimum Gasteiger partial charge on any atom is -0.360 e. The summed E-state index contributed by atoms with van der Waals surface area (Å²) in [7, 11) is 0. The molecule has 17 heavy (non-hydrogen) atoms.